The van der Waals surface area contributed by atoms with E-state index in [2.05, 4.69) is 10.6 Å². The number of aliphatic carboxylic acids is 1. The van der Waals surface area contributed by atoms with Crippen LogP contribution in [0.2, 0.25) is 5.02 Å². The number of hydrogen-bond donors (Lipinski definition) is 3. The lowest BCUT2D eigenvalue weighted by Gasteiger charge is -2.14. The van der Waals surface area contributed by atoms with Crippen LogP contribution in [0, 0.1) is 3.57 Å². The molecule has 0 aliphatic carbocycles. The molecule has 1 rings (SSSR count). The van der Waals surface area contributed by atoms with E-state index in [4.69, 9.17) is 16.7 Å². The lowest BCUT2D eigenvalue weighted by Crippen LogP contribution is -2.42. The average Bonchev–Trinajstić information content (AvgIpc) is 2.29. The lowest BCUT2D eigenvalue weighted by molar-refractivity contribution is -0.139. The van der Waals surface area contributed by atoms with Gasteiger partial charge < -0.3 is 15.7 Å². The number of carbonyl (C=O) groups excluding carboxylic acids is 1. The third-order valence-corrected chi connectivity index (χ3v) is 3.32. The molecule has 0 saturated carbocycles. The minimum Gasteiger partial charge on any atom is -0.480 e. The first-order valence-corrected chi connectivity index (χ1v) is 6.65. The topological polar surface area (TPSA) is 78.4 Å². The molecule has 0 spiro atoms. The molecule has 2 amide bonds. The van der Waals surface area contributed by atoms with Crippen molar-refractivity contribution in [3.05, 3.63) is 26.8 Å². The van der Waals surface area contributed by atoms with Gasteiger partial charge in [-0.25, -0.2) is 9.59 Å². The zero-order chi connectivity index (χ0) is 13.7. The number of anilines is 1. The van der Waals surface area contributed by atoms with Gasteiger partial charge in [0.15, 0.2) is 0 Å². The van der Waals surface area contributed by atoms with Crippen molar-refractivity contribution in [2.24, 2.45) is 0 Å². The van der Waals surface area contributed by atoms with Gasteiger partial charge in [0.25, 0.3) is 0 Å². The summed E-state index contributed by atoms with van der Waals surface area (Å²) in [5.74, 6) is -1.06. The van der Waals surface area contributed by atoms with E-state index in [1.54, 1.807) is 25.1 Å². The first-order valence-electron chi connectivity index (χ1n) is 5.19. The molecule has 0 bridgehead atoms. The minimum absolute atomic E-state index is 0.320. The van der Waals surface area contributed by atoms with Crippen LogP contribution in [0.3, 0.4) is 0 Å². The Balaban J connectivity index is 2.67. The van der Waals surface area contributed by atoms with Gasteiger partial charge in [0.05, 0.1) is 5.69 Å². The minimum atomic E-state index is -1.06. The van der Waals surface area contributed by atoms with Crippen molar-refractivity contribution in [2.75, 3.05) is 5.32 Å². The van der Waals surface area contributed by atoms with Gasteiger partial charge in [0, 0.05) is 8.59 Å². The van der Waals surface area contributed by atoms with Gasteiger partial charge in [-0.05, 0) is 47.2 Å². The van der Waals surface area contributed by atoms with E-state index in [0.717, 1.165) is 3.57 Å². The van der Waals surface area contributed by atoms with Crippen molar-refractivity contribution in [2.45, 2.75) is 19.4 Å². The summed E-state index contributed by atoms with van der Waals surface area (Å²) in [4.78, 5) is 22.4. The molecule has 0 heterocycles. The highest BCUT2D eigenvalue weighted by molar-refractivity contribution is 14.1. The van der Waals surface area contributed by atoms with Crippen LogP contribution < -0.4 is 10.6 Å². The molecule has 0 aliphatic heterocycles. The fraction of sp³-hybridized carbons (Fsp3) is 0.273. The van der Waals surface area contributed by atoms with Crippen LogP contribution in [-0.2, 0) is 4.79 Å². The third kappa shape index (κ3) is 4.34. The standard InChI is InChI=1S/C11H12ClIN2O3/c1-2-8(10(16)17)14-11(18)15-9-4-3-6(12)5-7(9)13/h3-5,8H,2H2,1H3,(H,16,17)(H2,14,15,18)/t8-/m0/s1. The second kappa shape index (κ2) is 6.79. The van der Waals surface area contributed by atoms with Gasteiger partial charge in [-0.15, -0.1) is 0 Å². The van der Waals surface area contributed by atoms with Crippen LogP contribution in [0.15, 0.2) is 18.2 Å². The molecular formula is C11H12ClIN2O3. The van der Waals surface area contributed by atoms with E-state index in [-0.39, 0.29) is 0 Å². The average molecular weight is 383 g/mol. The molecule has 1 aromatic rings. The Hall–Kier alpha value is -1.02. The number of urea groups is 1. The number of benzene rings is 1. The molecule has 1 aromatic carbocycles. The Kier molecular flexibility index (Phi) is 5.67. The quantitative estimate of drug-likeness (QED) is 0.701. The van der Waals surface area contributed by atoms with Gasteiger partial charge in [-0.1, -0.05) is 18.5 Å². The maximum atomic E-state index is 11.6. The number of carboxylic acid groups (broad SMARTS) is 1. The molecule has 5 nitrogen and oxygen atoms in total. The highest BCUT2D eigenvalue weighted by Crippen LogP contribution is 2.22. The van der Waals surface area contributed by atoms with Gasteiger partial charge in [0.1, 0.15) is 6.04 Å². The van der Waals surface area contributed by atoms with Crippen molar-refractivity contribution in [1.82, 2.24) is 5.32 Å². The fourth-order valence-electron chi connectivity index (χ4n) is 1.25. The molecule has 0 fully saturated rings. The number of rotatable bonds is 4. The maximum absolute atomic E-state index is 11.6. The van der Waals surface area contributed by atoms with Gasteiger partial charge in [-0.3, -0.25) is 0 Å². The summed E-state index contributed by atoms with van der Waals surface area (Å²) in [5.41, 5.74) is 0.581. The van der Waals surface area contributed by atoms with Gasteiger partial charge >= 0.3 is 12.0 Å². The lowest BCUT2D eigenvalue weighted by atomic mass is 10.2. The van der Waals surface area contributed by atoms with Crippen LogP contribution in [0.5, 0.6) is 0 Å². The Labute approximate surface area is 123 Å². The number of carbonyl (C=O) groups is 2. The molecule has 7 heteroatoms. The normalized spacial score (nSPS) is 11.7. The Bertz CT molecular complexity index is 468. The Morgan fingerprint density at radius 1 is 1.50 bits per heavy atom. The number of nitrogens with one attached hydrogen (secondary N) is 2. The maximum Gasteiger partial charge on any atom is 0.326 e. The third-order valence-electron chi connectivity index (χ3n) is 2.19. The molecule has 0 radical (unpaired) electrons. The van der Waals surface area contributed by atoms with Crippen LogP contribution >= 0.6 is 34.2 Å². The van der Waals surface area contributed by atoms with E-state index in [9.17, 15) is 9.59 Å². The largest absolute Gasteiger partial charge is 0.480 e. The molecule has 1 atom stereocenters. The highest BCUT2D eigenvalue weighted by atomic mass is 127. The van der Waals surface area contributed by atoms with Crippen molar-refractivity contribution in [1.29, 1.82) is 0 Å². The van der Waals surface area contributed by atoms with Crippen molar-refractivity contribution < 1.29 is 14.7 Å². The molecular weight excluding hydrogens is 370 g/mol. The highest BCUT2D eigenvalue weighted by Gasteiger charge is 2.17. The number of halogens is 2. The summed E-state index contributed by atoms with van der Waals surface area (Å²) in [6.45, 7) is 1.69. The predicted octanol–water partition coefficient (Wildman–Crippen LogP) is 2.93. The van der Waals surface area contributed by atoms with Crippen molar-refractivity contribution in [3.63, 3.8) is 0 Å². The van der Waals surface area contributed by atoms with Crippen LogP contribution in [0.4, 0.5) is 10.5 Å². The van der Waals surface area contributed by atoms with E-state index in [0.29, 0.717) is 17.1 Å². The van der Waals surface area contributed by atoms with E-state index in [1.807, 2.05) is 22.6 Å². The molecule has 98 valence electrons. The molecule has 18 heavy (non-hydrogen) atoms. The molecule has 3 N–H and O–H groups in total. The van der Waals surface area contributed by atoms with Crippen LogP contribution in [0.1, 0.15) is 13.3 Å². The van der Waals surface area contributed by atoms with Crippen molar-refractivity contribution in [3.8, 4) is 0 Å². The molecule has 0 unspecified atom stereocenters. The molecule has 0 saturated heterocycles. The van der Waals surface area contributed by atoms with Gasteiger partial charge in [-0.2, -0.15) is 0 Å². The number of hydrogen-bond acceptors (Lipinski definition) is 2. The van der Waals surface area contributed by atoms with Crippen molar-refractivity contribution >= 4 is 51.9 Å². The fourth-order valence-corrected chi connectivity index (χ4v) is 2.25. The number of amides is 2. The van der Waals surface area contributed by atoms with E-state index >= 15 is 0 Å². The molecule has 0 aliphatic rings. The second-order valence-electron chi connectivity index (χ2n) is 3.52. The van der Waals surface area contributed by atoms with Crippen LogP contribution in [0.25, 0.3) is 0 Å². The van der Waals surface area contributed by atoms with Crippen LogP contribution in [-0.4, -0.2) is 23.1 Å². The number of carboxylic acids is 1. The monoisotopic (exact) mass is 382 g/mol. The second-order valence-corrected chi connectivity index (χ2v) is 5.12. The first kappa shape index (κ1) is 15.0. The summed E-state index contributed by atoms with van der Waals surface area (Å²) in [7, 11) is 0. The van der Waals surface area contributed by atoms with Gasteiger partial charge in [0.2, 0.25) is 0 Å². The van der Waals surface area contributed by atoms with E-state index < -0.39 is 18.0 Å². The SMILES string of the molecule is CC[C@H](NC(=O)Nc1ccc(Cl)cc1I)C(=O)O. The Morgan fingerprint density at radius 3 is 2.67 bits per heavy atom. The zero-order valence-corrected chi connectivity index (χ0v) is 12.4. The summed E-state index contributed by atoms with van der Waals surface area (Å²) < 4.78 is 0.777. The molecule has 0 aromatic heterocycles. The summed E-state index contributed by atoms with van der Waals surface area (Å²) in [5, 5.41) is 14.3. The smallest absolute Gasteiger partial charge is 0.326 e. The van der Waals surface area contributed by atoms with E-state index in [1.165, 1.54) is 0 Å². The summed E-state index contributed by atoms with van der Waals surface area (Å²) >= 11 is 7.82. The summed E-state index contributed by atoms with van der Waals surface area (Å²) in [6.07, 6.45) is 0.320. The predicted molar refractivity (Wildman–Crippen MR) is 78.0 cm³/mol. The summed E-state index contributed by atoms with van der Waals surface area (Å²) in [6, 6.07) is 3.56. The Morgan fingerprint density at radius 2 is 2.17 bits per heavy atom. The first-order chi connectivity index (χ1) is 8.43. The zero-order valence-electron chi connectivity index (χ0n) is 9.54.